The molecule has 1 aromatic rings. The lowest BCUT2D eigenvalue weighted by Gasteiger charge is -2.28. The Morgan fingerprint density at radius 2 is 2.04 bits per heavy atom. The van der Waals surface area contributed by atoms with Crippen LogP contribution in [0.3, 0.4) is 0 Å². The van der Waals surface area contributed by atoms with Crippen molar-refractivity contribution in [3.05, 3.63) is 47.5 Å². The van der Waals surface area contributed by atoms with Crippen LogP contribution in [0.4, 0.5) is 4.79 Å². The number of urea groups is 1. The molecule has 2 heterocycles. The van der Waals surface area contributed by atoms with Gasteiger partial charge in [0.05, 0.1) is 6.54 Å². The Hall–Kier alpha value is -2.87. The van der Waals surface area contributed by atoms with Crippen LogP contribution < -0.4 is 11.1 Å². The fraction of sp³-hybridized carbons (Fsp3) is 0.389. The molecule has 3 N–H and O–H groups in total. The summed E-state index contributed by atoms with van der Waals surface area (Å²) in [7, 11) is 0. The lowest BCUT2D eigenvalue weighted by Crippen LogP contribution is -2.46. The van der Waals surface area contributed by atoms with Gasteiger partial charge in [-0.05, 0) is 17.6 Å². The summed E-state index contributed by atoms with van der Waals surface area (Å²) in [6.07, 6.45) is 2.22. The first-order chi connectivity index (χ1) is 12.5. The van der Waals surface area contributed by atoms with Crippen molar-refractivity contribution in [3.8, 4) is 0 Å². The van der Waals surface area contributed by atoms with E-state index in [0.29, 0.717) is 19.5 Å². The van der Waals surface area contributed by atoms with Crippen LogP contribution in [0.5, 0.6) is 0 Å². The fourth-order valence-electron chi connectivity index (χ4n) is 3.23. The molecule has 0 aromatic heterocycles. The van der Waals surface area contributed by atoms with Crippen LogP contribution in [0.25, 0.3) is 0 Å². The van der Waals surface area contributed by atoms with Crippen LogP contribution in [0.15, 0.2) is 42.0 Å². The van der Waals surface area contributed by atoms with Crippen molar-refractivity contribution in [3.63, 3.8) is 0 Å². The summed E-state index contributed by atoms with van der Waals surface area (Å²) in [5.41, 5.74) is 7.25. The third-order valence-electron chi connectivity index (χ3n) is 4.51. The van der Waals surface area contributed by atoms with Gasteiger partial charge in [0.2, 0.25) is 11.8 Å². The molecule has 1 saturated heterocycles. The monoisotopic (exact) mass is 358 g/mol. The maximum atomic E-state index is 12.7. The quantitative estimate of drug-likeness (QED) is 0.694. The van der Waals surface area contributed by atoms with Gasteiger partial charge in [-0.3, -0.25) is 14.4 Å². The molecule has 0 aliphatic carbocycles. The Balaban J connectivity index is 1.75. The van der Waals surface area contributed by atoms with Crippen LogP contribution in [0, 0.1) is 0 Å². The summed E-state index contributed by atoms with van der Waals surface area (Å²) in [5.74, 6) is -0.715. The number of amides is 4. The number of carbonyl (C=O) groups is 3. The highest BCUT2D eigenvalue weighted by atomic mass is 16.7. The number of nitrogens with zero attached hydrogens (tertiary/aromatic N) is 2. The molecule has 0 saturated carbocycles. The molecule has 1 aromatic carbocycles. The minimum Gasteiger partial charge on any atom is -0.368 e. The van der Waals surface area contributed by atoms with E-state index in [2.05, 4.69) is 5.32 Å². The van der Waals surface area contributed by atoms with Gasteiger partial charge in [0.15, 0.2) is 0 Å². The summed E-state index contributed by atoms with van der Waals surface area (Å²) in [6, 6.07) is 8.05. The molecule has 2 atom stereocenters. The topological polar surface area (TPSA) is 105 Å². The molecule has 8 nitrogen and oxygen atoms in total. The highest BCUT2D eigenvalue weighted by molar-refractivity contribution is 5.90. The third-order valence-corrected chi connectivity index (χ3v) is 4.51. The Kier molecular flexibility index (Phi) is 5.22. The minimum atomic E-state index is -0.795. The highest BCUT2D eigenvalue weighted by Crippen LogP contribution is 2.32. The van der Waals surface area contributed by atoms with E-state index in [4.69, 9.17) is 10.6 Å². The molecule has 0 radical (unpaired) electrons. The smallest absolute Gasteiger partial charge is 0.345 e. The van der Waals surface area contributed by atoms with Crippen molar-refractivity contribution >= 4 is 17.8 Å². The van der Waals surface area contributed by atoms with E-state index in [0.717, 1.165) is 11.1 Å². The predicted octanol–water partition coefficient (Wildman–Crippen LogP) is 0.545. The molecule has 2 bridgehead atoms. The van der Waals surface area contributed by atoms with Crippen molar-refractivity contribution in [1.29, 1.82) is 0 Å². The number of primary amides is 1. The first-order valence-corrected chi connectivity index (χ1v) is 8.48. The zero-order chi connectivity index (χ0) is 18.7. The SMILES string of the molecule is CC(=O)NCCC1=C[C@@H](C(N)=O)N2C[C@H]1N(OCc1ccccc1)C2=O. The van der Waals surface area contributed by atoms with E-state index in [1.54, 1.807) is 6.08 Å². The second-order valence-corrected chi connectivity index (χ2v) is 6.36. The Morgan fingerprint density at radius 3 is 2.69 bits per heavy atom. The van der Waals surface area contributed by atoms with Gasteiger partial charge in [-0.25, -0.2) is 4.79 Å². The number of nitrogens with two attached hydrogens (primary N) is 1. The molecule has 26 heavy (non-hydrogen) atoms. The summed E-state index contributed by atoms with van der Waals surface area (Å²) in [6.45, 7) is 2.45. The highest BCUT2D eigenvalue weighted by Gasteiger charge is 2.47. The first-order valence-electron chi connectivity index (χ1n) is 8.48. The molecule has 138 valence electrons. The Morgan fingerprint density at radius 1 is 1.31 bits per heavy atom. The number of hydrogen-bond donors (Lipinski definition) is 2. The van der Waals surface area contributed by atoms with Gasteiger partial charge in [0.1, 0.15) is 18.7 Å². The van der Waals surface area contributed by atoms with Gasteiger partial charge in [0, 0.05) is 13.5 Å². The van der Waals surface area contributed by atoms with Gasteiger partial charge in [0.25, 0.3) is 0 Å². The summed E-state index contributed by atoms with van der Waals surface area (Å²) in [4.78, 5) is 42.7. The molecule has 1 fully saturated rings. The molecule has 3 rings (SSSR count). The molecule has 0 spiro atoms. The third kappa shape index (κ3) is 3.70. The predicted molar refractivity (Wildman–Crippen MR) is 93.3 cm³/mol. The van der Waals surface area contributed by atoms with Crippen LogP contribution in [0.1, 0.15) is 18.9 Å². The van der Waals surface area contributed by atoms with E-state index < -0.39 is 11.9 Å². The summed E-state index contributed by atoms with van der Waals surface area (Å²) < 4.78 is 0. The Labute approximate surface area is 151 Å². The normalized spacial score (nSPS) is 21.6. The summed E-state index contributed by atoms with van der Waals surface area (Å²) in [5, 5.41) is 4.04. The molecular weight excluding hydrogens is 336 g/mol. The standard InChI is InChI=1S/C18H22N4O4/c1-12(23)20-8-7-14-9-15(17(19)24)21-10-16(14)22(18(21)25)26-11-13-5-3-2-4-6-13/h2-6,9,15-16H,7-8,10-11H2,1H3,(H2,19,24)(H,20,23)/t15-,16+/m0/s1. The minimum absolute atomic E-state index is 0.130. The maximum Gasteiger partial charge on any atom is 0.345 e. The number of rotatable bonds is 7. The Bertz CT molecular complexity index is 734. The first kappa shape index (κ1) is 17.9. The second-order valence-electron chi connectivity index (χ2n) is 6.36. The number of hydroxylamine groups is 2. The molecule has 2 aliphatic heterocycles. The zero-order valence-electron chi connectivity index (χ0n) is 14.6. The maximum absolute atomic E-state index is 12.7. The molecule has 0 unspecified atom stereocenters. The lowest BCUT2D eigenvalue weighted by atomic mass is 9.97. The van der Waals surface area contributed by atoms with Crippen LogP contribution in [0.2, 0.25) is 0 Å². The van der Waals surface area contributed by atoms with Crippen LogP contribution in [-0.2, 0) is 21.0 Å². The number of carbonyl (C=O) groups excluding carboxylic acids is 3. The van der Waals surface area contributed by atoms with Crippen molar-refractivity contribution in [2.75, 3.05) is 13.1 Å². The lowest BCUT2D eigenvalue weighted by molar-refractivity contribution is -0.133. The van der Waals surface area contributed by atoms with Gasteiger partial charge in [-0.1, -0.05) is 36.4 Å². The van der Waals surface area contributed by atoms with Gasteiger partial charge in [-0.2, -0.15) is 5.06 Å². The average Bonchev–Trinajstić information content (AvgIpc) is 2.88. The van der Waals surface area contributed by atoms with Gasteiger partial charge < -0.3 is 16.0 Å². The van der Waals surface area contributed by atoms with Crippen LogP contribution in [-0.4, -0.2) is 53.0 Å². The van der Waals surface area contributed by atoms with E-state index in [1.165, 1.54) is 16.9 Å². The molecule has 8 heteroatoms. The molecule has 2 aliphatic rings. The summed E-state index contributed by atoms with van der Waals surface area (Å²) >= 11 is 0. The van der Waals surface area contributed by atoms with Crippen molar-refractivity contribution in [1.82, 2.24) is 15.3 Å². The van der Waals surface area contributed by atoms with E-state index in [9.17, 15) is 14.4 Å². The van der Waals surface area contributed by atoms with E-state index in [-0.39, 0.29) is 24.6 Å². The zero-order valence-corrected chi connectivity index (χ0v) is 14.6. The van der Waals surface area contributed by atoms with Gasteiger partial charge in [-0.15, -0.1) is 0 Å². The van der Waals surface area contributed by atoms with Crippen molar-refractivity contribution in [2.45, 2.75) is 32.0 Å². The van der Waals surface area contributed by atoms with Crippen molar-refractivity contribution < 1.29 is 19.2 Å². The largest absolute Gasteiger partial charge is 0.368 e. The number of nitrogens with one attached hydrogen (secondary N) is 1. The molecular formula is C18H22N4O4. The van der Waals surface area contributed by atoms with Crippen molar-refractivity contribution in [2.24, 2.45) is 5.73 Å². The van der Waals surface area contributed by atoms with Crippen LogP contribution >= 0.6 is 0 Å². The average molecular weight is 358 g/mol. The number of benzene rings is 1. The number of hydrogen-bond acceptors (Lipinski definition) is 4. The second kappa shape index (κ2) is 7.57. The molecule has 4 amide bonds. The van der Waals surface area contributed by atoms with Gasteiger partial charge >= 0.3 is 6.03 Å². The number of fused-ring (bicyclic) bond motifs is 2. The fourth-order valence-corrected chi connectivity index (χ4v) is 3.23. The van der Waals surface area contributed by atoms with E-state index in [1.807, 2.05) is 30.3 Å². The van der Waals surface area contributed by atoms with E-state index >= 15 is 0 Å².